The lowest BCUT2D eigenvalue weighted by Gasteiger charge is -2.40. The Morgan fingerprint density at radius 2 is 1.72 bits per heavy atom. The molecule has 106 valence electrons. The molecule has 0 aromatic rings. The molecule has 0 saturated carbocycles. The van der Waals surface area contributed by atoms with E-state index >= 15 is 0 Å². The SMILES string of the molecule is CCCN1CCN(CC2(CCC)CCCN2)CC1. The molecule has 3 nitrogen and oxygen atoms in total. The van der Waals surface area contributed by atoms with Crippen molar-refractivity contribution in [3.63, 3.8) is 0 Å². The fourth-order valence-corrected chi connectivity index (χ4v) is 3.69. The molecule has 0 radical (unpaired) electrons. The summed E-state index contributed by atoms with van der Waals surface area (Å²) in [5.41, 5.74) is 0.446. The van der Waals surface area contributed by atoms with Gasteiger partial charge < -0.3 is 10.2 Å². The minimum Gasteiger partial charge on any atom is -0.310 e. The summed E-state index contributed by atoms with van der Waals surface area (Å²) in [5, 5.41) is 3.80. The van der Waals surface area contributed by atoms with Gasteiger partial charge in [0.15, 0.2) is 0 Å². The third kappa shape index (κ3) is 3.69. The van der Waals surface area contributed by atoms with Crippen molar-refractivity contribution in [2.24, 2.45) is 0 Å². The van der Waals surface area contributed by atoms with Crippen LogP contribution < -0.4 is 5.32 Å². The van der Waals surface area contributed by atoms with E-state index in [4.69, 9.17) is 0 Å². The number of hydrogen-bond donors (Lipinski definition) is 1. The normalized spacial score (nSPS) is 31.0. The number of piperazine rings is 1. The summed E-state index contributed by atoms with van der Waals surface area (Å²) in [7, 11) is 0. The van der Waals surface area contributed by atoms with Crippen LogP contribution in [0.5, 0.6) is 0 Å². The minimum absolute atomic E-state index is 0.446. The van der Waals surface area contributed by atoms with E-state index in [1.165, 1.54) is 77.9 Å². The molecule has 1 N–H and O–H groups in total. The van der Waals surface area contributed by atoms with E-state index in [-0.39, 0.29) is 0 Å². The lowest BCUT2D eigenvalue weighted by Crippen LogP contribution is -2.55. The summed E-state index contributed by atoms with van der Waals surface area (Å²) >= 11 is 0. The van der Waals surface area contributed by atoms with E-state index in [2.05, 4.69) is 29.0 Å². The average molecular weight is 253 g/mol. The summed E-state index contributed by atoms with van der Waals surface area (Å²) < 4.78 is 0. The van der Waals surface area contributed by atoms with Gasteiger partial charge in [-0.1, -0.05) is 20.3 Å². The molecule has 3 heteroatoms. The molecular formula is C15H31N3. The topological polar surface area (TPSA) is 18.5 Å². The van der Waals surface area contributed by atoms with Gasteiger partial charge in [-0.15, -0.1) is 0 Å². The van der Waals surface area contributed by atoms with Crippen molar-refractivity contribution in [3.8, 4) is 0 Å². The molecule has 1 unspecified atom stereocenters. The smallest absolute Gasteiger partial charge is 0.0309 e. The number of hydrogen-bond acceptors (Lipinski definition) is 3. The van der Waals surface area contributed by atoms with Crippen LogP contribution >= 0.6 is 0 Å². The average Bonchev–Trinajstić information content (AvgIpc) is 2.81. The number of rotatable bonds is 6. The molecule has 0 amide bonds. The Bertz CT molecular complexity index is 228. The highest BCUT2D eigenvalue weighted by molar-refractivity contribution is 4.95. The molecule has 2 saturated heterocycles. The first-order valence-electron chi connectivity index (χ1n) is 7.98. The molecule has 0 bridgehead atoms. The van der Waals surface area contributed by atoms with Crippen LogP contribution in [0.1, 0.15) is 46.0 Å². The van der Waals surface area contributed by atoms with E-state index in [0.29, 0.717) is 5.54 Å². The van der Waals surface area contributed by atoms with Gasteiger partial charge in [0.25, 0.3) is 0 Å². The Labute approximate surface area is 113 Å². The Kier molecular flexibility index (Phi) is 5.46. The molecule has 2 aliphatic heterocycles. The second-order valence-electron chi connectivity index (χ2n) is 6.18. The highest BCUT2D eigenvalue weighted by atomic mass is 15.3. The van der Waals surface area contributed by atoms with E-state index in [9.17, 15) is 0 Å². The van der Waals surface area contributed by atoms with Gasteiger partial charge in [0.1, 0.15) is 0 Å². The van der Waals surface area contributed by atoms with Crippen molar-refractivity contribution < 1.29 is 0 Å². The zero-order valence-electron chi connectivity index (χ0n) is 12.4. The Morgan fingerprint density at radius 1 is 1.00 bits per heavy atom. The van der Waals surface area contributed by atoms with Crippen molar-refractivity contribution in [1.82, 2.24) is 15.1 Å². The maximum atomic E-state index is 3.80. The highest BCUT2D eigenvalue weighted by Crippen LogP contribution is 2.26. The maximum absolute atomic E-state index is 3.80. The standard InChI is InChI=1S/C15H31N3/c1-3-6-15(7-5-8-16-15)14-18-12-10-17(9-4-2)11-13-18/h16H,3-14H2,1-2H3. The van der Waals surface area contributed by atoms with Crippen LogP contribution in [0, 0.1) is 0 Å². The van der Waals surface area contributed by atoms with Gasteiger partial charge in [0.2, 0.25) is 0 Å². The van der Waals surface area contributed by atoms with Crippen molar-refractivity contribution in [2.75, 3.05) is 45.8 Å². The summed E-state index contributed by atoms with van der Waals surface area (Å²) in [6.45, 7) is 13.5. The first-order chi connectivity index (χ1) is 8.78. The lowest BCUT2D eigenvalue weighted by molar-refractivity contribution is 0.102. The Morgan fingerprint density at radius 3 is 2.28 bits per heavy atom. The summed E-state index contributed by atoms with van der Waals surface area (Å²) in [5.74, 6) is 0. The molecule has 0 spiro atoms. The molecular weight excluding hydrogens is 222 g/mol. The zero-order chi connectivity index (χ0) is 12.8. The first kappa shape index (κ1) is 14.3. The predicted octanol–water partition coefficient (Wildman–Crippen LogP) is 1.94. The second-order valence-corrected chi connectivity index (χ2v) is 6.18. The van der Waals surface area contributed by atoms with Crippen LogP contribution in [-0.4, -0.2) is 61.2 Å². The number of nitrogens with zero attached hydrogens (tertiary/aromatic N) is 2. The van der Waals surface area contributed by atoms with Gasteiger partial charge in [0, 0.05) is 38.3 Å². The van der Waals surface area contributed by atoms with Gasteiger partial charge in [0.05, 0.1) is 0 Å². The van der Waals surface area contributed by atoms with Gasteiger partial charge in [-0.05, 0) is 38.8 Å². The van der Waals surface area contributed by atoms with E-state index in [0.717, 1.165) is 0 Å². The molecule has 2 heterocycles. The fraction of sp³-hybridized carbons (Fsp3) is 1.00. The van der Waals surface area contributed by atoms with Crippen LogP contribution in [0.3, 0.4) is 0 Å². The van der Waals surface area contributed by atoms with Gasteiger partial charge in [-0.3, -0.25) is 4.90 Å². The predicted molar refractivity (Wildman–Crippen MR) is 78.0 cm³/mol. The molecule has 2 aliphatic rings. The molecule has 0 aliphatic carbocycles. The van der Waals surface area contributed by atoms with Gasteiger partial charge >= 0.3 is 0 Å². The monoisotopic (exact) mass is 253 g/mol. The third-order valence-electron chi connectivity index (χ3n) is 4.59. The Hall–Kier alpha value is -0.120. The minimum atomic E-state index is 0.446. The fourth-order valence-electron chi connectivity index (χ4n) is 3.69. The molecule has 2 fully saturated rings. The van der Waals surface area contributed by atoms with Gasteiger partial charge in [-0.2, -0.15) is 0 Å². The number of nitrogens with one attached hydrogen (secondary N) is 1. The van der Waals surface area contributed by atoms with E-state index in [1.807, 2.05) is 0 Å². The van der Waals surface area contributed by atoms with Crippen LogP contribution in [0.25, 0.3) is 0 Å². The quantitative estimate of drug-likeness (QED) is 0.780. The molecule has 18 heavy (non-hydrogen) atoms. The van der Waals surface area contributed by atoms with Crippen molar-refractivity contribution in [1.29, 1.82) is 0 Å². The van der Waals surface area contributed by atoms with Crippen LogP contribution in [0.15, 0.2) is 0 Å². The summed E-state index contributed by atoms with van der Waals surface area (Å²) in [4.78, 5) is 5.31. The van der Waals surface area contributed by atoms with Crippen molar-refractivity contribution in [3.05, 3.63) is 0 Å². The molecule has 0 aromatic carbocycles. The van der Waals surface area contributed by atoms with Gasteiger partial charge in [-0.25, -0.2) is 0 Å². The molecule has 2 rings (SSSR count). The molecule has 0 aromatic heterocycles. The first-order valence-corrected chi connectivity index (χ1v) is 7.98. The Balaban J connectivity index is 1.79. The van der Waals surface area contributed by atoms with Crippen LogP contribution in [0.2, 0.25) is 0 Å². The maximum Gasteiger partial charge on any atom is 0.0309 e. The second kappa shape index (κ2) is 6.88. The van der Waals surface area contributed by atoms with Crippen molar-refractivity contribution >= 4 is 0 Å². The molecule has 1 atom stereocenters. The third-order valence-corrected chi connectivity index (χ3v) is 4.59. The highest BCUT2D eigenvalue weighted by Gasteiger charge is 2.34. The van der Waals surface area contributed by atoms with Crippen LogP contribution in [0.4, 0.5) is 0 Å². The lowest BCUT2D eigenvalue weighted by atomic mass is 9.91. The van der Waals surface area contributed by atoms with Crippen molar-refractivity contribution in [2.45, 2.75) is 51.5 Å². The van der Waals surface area contributed by atoms with E-state index in [1.54, 1.807) is 0 Å². The van der Waals surface area contributed by atoms with E-state index < -0.39 is 0 Å². The summed E-state index contributed by atoms with van der Waals surface area (Å²) in [6, 6.07) is 0. The summed E-state index contributed by atoms with van der Waals surface area (Å²) in [6.07, 6.45) is 6.71. The zero-order valence-corrected chi connectivity index (χ0v) is 12.4. The largest absolute Gasteiger partial charge is 0.310 e. The van der Waals surface area contributed by atoms with Crippen LogP contribution in [-0.2, 0) is 0 Å².